The zero-order valence-electron chi connectivity index (χ0n) is 27.1. The van der Waals surface area contributed by atoms with Crippen LogP contribution in [0.4, 0.5) is 18.9 Å². The Balaban J connectivity index is 2.21. The molecule has 240 valence electrons. The van der Waals surface area contributed by atoms with Crippen LogP contribution in [0.3, 0.4) is 0 Å². The standard InChI is InChI=1S/C34H51F3N4O2/c1-18(15-33(35,36)37)39-16-26-14-29(40(8)9)27-12-25-13-28(30(17-42)41(10)11)34(43,22(5)19(2)24(7)38)23(6)32(25)21(4)31(27)20(26)3/h14,18-19,25,28,30,39,42-43H,4-5,7,12-13,15-17,38H2,1-3,6,8-11H3/t18?,19?,25-,28-,30+,34+/m0/s1. The number of benzene rings is 1. The van der Waals surface area contributed by atoms with Gasteiger partial charge in [-0.05, 0) is 104 Å². The molecule has 6 nitrogen and oxygen atoms in total. The SMILES string of the molecule is C=C1C2=C(C)[C@](O)(C(=C)C(C)C(=C)N)[C@H]([C@@H](CO)N(C)C)C[C@@H]2Cc2c(N(C)C)cc(CNC(C)CC(F)(F)F)c(C)c21. The number of hydrogen-bond acceptors (Lipinski definition) is 6. The quantitative estimate of drug-likeness (QED) is 0.256. The first-order valence-corrected chi connectivity index (χ1v) is 14.9. The van der Waals surface area contributed by atoms with E-state index in [9.17, 15) is 23.4 Å². The van der Waals surface area contributed by atoms with Crippen LogP contribution in [-0.2, 0) is 13.0 Å². The van der Waals surface area contributed by atoms with E-state index < -0.39 is 24.2 Å². The first-order chi connectivity index (χ1) is 19.8. The van der Waals surface area contributed by atoms with Crippen molar-refractivity contribution < 1.29 is 23.4 Å². The van der Waals surface area contributed by atoms with Gasteiger partial charge in [0.05, 0.1) is 13.0 Å². The first kappa shape index (κ1) is 34.9. The van der Waals surface area contributed by atoms with Gasteiger partial charge in [-0.1, -0.05) is 26.7 Å². The number of aliphatic hydroxyl groups excluding tert-OH is 1. The summed E-state index contributed by atoms with van der Waals surface area (Å²) in [5, 5.41) is 26.3. The largest absolute Gasteiger partial charge is 0.402 e. The van der Waals surface area contributed by atoms with Crippen molar-refractivity contribution in [1.82, 2.24) is 10.2 Å². The lowest BCUT2D eigenvalue weighted by atomic mass is 9.57. The van der Waals surface area contributed by atoms with Crippen LogP contribution in [-0.4, -0.2) is 73.8 Å². The van der Waals surface area contributed by atoms with E-state index in [-0.39, 0.29) is 36.9 Å². The van der Waals surface area contributed by atoms with Crippen LogP contribution in [0.5, 0.6) is 0 Å². The molecule has 0 spiro atoms. The van der Waals surface area contributed by atoms with Crippen LogP contribution >= 0.6 is 0 Å². The van der Waals surface area contributed by atoms with Crippen LogP contribution in [0.2, 0.25) is 0 Å². The molecule has 0 saturated heterocycles. The Morgan fingerprint density at radius 2 is 1.79 bits per heavy atom. The van der Waals surface area contributed by atoms with E-state index in [0.717, 1.165) is 44.7 Å². The van der Waals surface area contributed by atoms with Crippen LogP contribution in [0, 0.1) is 24.7 Å². The Labute approximate surface area is 255 Å². The molecule has 6 atom stereocenters. The number of alkyl halides is 3. The molecule has 0 saturated carbocycles. The minimum absolute atomic E-state index is 0.0392. The van der Waals surface area contributed by atoms with Gasteiger partial charge in [0.1, 0.15) is 5.60 Å². The Kier molecular flexibility index (Phi) is 10.4. The highest BCUT2D eigenvalue weighted by Gasteiger charge is 2.53. The summed E-state index contributed by atoms with van der Waals surface area (Å²) < 4.78 is 39.0. The molecule has 0 bridgehead atoms. The van der Waals surface area contributed by atoms with Crippen LogP contribution in [0.1, 0.15) is 55.9 Å². The highest BCUT2D eigenvalue weighted by atomic mass is 19.4. The molecule has 2 aliphatic rings. The molecule has 0 aromatic heterocycles. The number of hydrogen-bond donors (Lipinski definition) is 4. The Morgan fingerprint density at radius 1 is 1.19 bits per heavy atom. The lowest BCUT2D eigenvalue weighted by molar-refractivity contribution is -0.139. The summed E-state index contributed by atoms with van der Waals surface area (Å²) >= 11 is 0. The molecule has 2 aliphatic carbocycles. The van der Waals surface area contributed by atoms with E-state index in [4.69, 9.17) is 5.73 Å². The molecular weight excluding hydrogens is 553 g/mol. The van der Waals surface area contributed by atoms with E-state index >= 15 is 0 Å². The summed E-state index contributed by atoms with van der Waals surface area (Å²) in [7, 11) is 7.74. The molecule has 9 heteroatoms. The topological polar surface area (TPSA) is 85.0 Å². The lowest BCUT2D eigenvalue weighted by Gasteiger charge is -2.52. The molecule has 5 N–H and O–H groups in total. The van der Waals surface area contributed by atoms with Gasteiger partial charge in [0.2, 0.25) is 0 Å². The lowest BCUT2D eigenvalue weighted by Crippen LogP contribution is -2.57. The zero-order chi connectivity index (χ0) is 32.8. The van der Waals surface area contributed by atoms with Crippen molar-refractivity contribution >= 4 is 11.3 Å². The summed E-state index contributed by atoms with van der Waals surface area (Å²) in [5.74, 6) is -0.701. The summed E-state index contributed by atoms with van der Waals surface area (Å²) in [4.78, 5) is 3.99. The van der Waals surface area contributed by atoms with Crippen molar-refractivity contribution in [2.75, 3.05) is 39.7 Å². The molecule has 0 radical (unpaired) electrons. The molecule has 0 heterocycles. The second-order valence-electron chi connectivity index (χ2n) is 13.1. The van der Waals surface area contributed by atoms with Crippen molar-refractivity contribution in [2.45, 2.75) is 77.4 Å². The van der Waals surface area contributed by atoms with Gasteiger partial charge in [0.25, 0.3) is 0 Å². The summed E-state index contributed by atoms with van der Waals surface area (Å²) in [6.07, 6.45) is -3.85. The monoisotopic (exact) mass is 604 g/mol. The molecule has 0 fully saturated rings. The van der Waals surface area contributed by atoms with Crippen molar-refractivity contribution in [3.63, 3.8) is 0 Å². The average molecular weight is 605 g/mol. The molecule has 43 heavy (non-hydrogen) atoms. The predicted molar refractivity (Wildman–Crippen MR) is 171 cm³/mol. The van der Waals surface area contributed by atoms with Crippen LogP contribution < -0.4 is 16.0 Å². The maximum Gasteiger partial charge on any atom is 0.390 e. The second kappa shape index (κ2) is 12.8. The fourth-order valence-electron chi connectivity index (χ4n) is 7.32. The third-order valence-corrected chi connectivity index (χ3v) is 9.86. The minimum Gasteiger partial charge on any atom is -0.402 e. The summed E-state index contributed by atoms with van der Waals surface area (Å²) in [6.45, 7) is 20.3. The molecular formula is C34H51F3N4O2. The van der Waals surface area contributed by atoms with E-state index in [1.807, 2.05) is 58.8 Å². The molecule has 2 unspecified atom stereocenters. The summed E-state index contributed by atoms with van der Waals surface area (Å²) in [5.41, 5.74) is 13.1. The molecule has 0 amide bonds. The Bertz CT molecular complexity index is 1300. The molecule has 3 rings (SSSR count). The van der Waals surface area contributed by atoms with Crippen molar-refractivity contribution in [2.24, 2.45) is 23.5 Å². The third kappa shape index (κ3) is 6.60. The number of nitrogens with two attached hydrogens (primary N) is 1. The number of fused-ring (bicyclic) bond motifs is 2. The Hall–Kier alpha value is -2.59. The molecule has 1 aromatic carbocycles. The third-order valence-electron chi connectivity index (χ3n) is 9.86. The van der Waals surface area contributed by atoms with Gasteiger partial charge >= 0.3 is 6.18 Å². The maximum absolute atomic E-state index is 13.0. The number of allylic oxidation sites excluding steroid dienone is 3. The van der Waals surface area contributed by atoms with E-state index in [0.29, 0.717) is 24.1 Å². The fourth-order valence-corrected chi connectivity index (χ4v) is 7.32. The van der Waals surface area contributed by atoms with Gasteiger partial charge in [0, 0.05) is 55.9 Å². The first-order valence-electron chi connectivity index (χ1n) is 14.9. The smallest absolute Gasteiger partial charge is 0.390 e. The highest BCUT2D eigenvalue weighted by Crippen LogP contribution is 2.56. The van der Waals surface area contributed by atoms with Crippen LogP contribution in [0.15, 0.2) is 48.2 Å². The van der Waals surface area contributed by atoms with Gasteiger partial charge in [-0.15, -0.1) is 0 Å². The maximum atomic E-state index is 13.0. The normalized spacial score (nSPS) is 24.4. The predicted octanol–water partition coefficient (Wildman–Crippen LogP) is 5.33. The van der Waals surface area contributed by atoms with Crippen molar-refractivity contribution in [1.29, 1.82) is 0 Å². The number of aliphatic hydroxyl groups is 2. The number of rotatable bonds is 11. The number of nitrogens with one attached hydrogen (secondary N) is 1. The van der Waals surface area contributed by atoms with Gasteiger partial charge in [-0.3, -0.25) is 0 Å². The molecule has 1 aromatic rings. The highest BCUT2D eigenvalue weighted by molar-refractivity contribution is 5.88. The van der Waals surface area contributed by atoms with Gasteiger partial charge in [-0.2, -0.15) is 13.2 Å². The van der Waals surface area contributed by atoms with Crippen LogP contribution in [0.25, 0.3) is 5.57 Å². The Morgan fingerprint density at radius 3 is 2.28 bits per heavy atom. The average Bonchev–Trinajstić information content (AvgIpc) is 2.88. The fraction of sp³-hybridized carbons (Fsp3) is 0.588. The van der Waals surface area contributed by atoms with Gasteiger partial charge in [-0.25, -0.2) is 0 Å². The number of anilines is 1. The van der Waals surface area contributed by atoms with Crippen molar-refractivity contribution in [3.05, 3.63) is 70.5 Å². The number of likely N-dealkylation sites (N-methyl/N-ethyl adjacent to an activating group) is 1. The van der Waals surface area contributed by atoms with E-state index in [2.05, 4.69) is 31.1 Å². The van der Waals surface area contributed by atoms with E-state index in [1.165, 1.54) is 0 Å². The number of halogens is 3. The molecule has 0 aliphatic heterocycles. The van der Waals surface area contributed by atoms with Gasteiger partial charge < -0.3 is 31.1 Å². The number of nitrogens with zero attached hydrogens (tertiary/aromatic N) is 2. The summed E-state index contributed by atoms with van der Waals surface area (Å²) in [6, 6.07) is 0.996. The second-order valence-corrected chi connectivity index (χ2v) is 13.1. The zero-order valence-corrected chi connectivity index (χ0v) is 27.1. The van der Waals surface area contributed by atoms with Crippen molar-refractivity contribution in [3.8, 4) is 0 Å². The minimum atomic E-state index is -4.24. The van der Waals surface area contributed by atoms with Gasteiger partial charge in [0.15, 0.2) is 0 Å². The van der Waals surface area contributed by atoms with E-state index in [1.54, 1.807) is 6.92 Å².